The molecular formula is C21H36F6O2Si. The third kappa shape index (κ3) is 8.03. The number of alkyl halides is 6. The Morgan fingerprint density at radius 1 is 0.833 bits per heavy atom. The third-order valence-electron chi connectivity index (χ3n) is 5.67. The minimum absolute atomic E-state index is 0.0624. The summed E-state index contributed by atoms with van der Waals surface area (Å²) in [7, 11) is -3.22. The molecule has 0 saturated carbocycles. The van der Waals surface area contributed by atoms with E-state index >= 15 is 0 Å². The number of hydrogen-bond acceptors (Lipinski definition) is 2. The highest BCUT2D eigenvalue weighted by atomic mass is 28.4. The molecule has 30 heavy (non-hydrogen) atoms. The lowest BCUT2D eigenvalue weighted by atomic mass is 9.83. The van der Waals surface area contributed by atoms with Gasteiger partial charge in [0, 0.05) is 0 Å². The fraction of sp³-hybridized carbons (Fsp3) is 0.810. The quantitative estimate of drug-likeness (QED) is 0.132. The van der Waals surface area contributed by atoms with E-state index in [0.717, 1.165) is 12.5 Å². The van der Waals surface area contributed by atoms with Gasteiger partial charge in [-0.3, -0.25) is 0 Å². The van der Waals surface area contributed by atoms with Gasteiger partial charge in [0.25, 0.3) is 5.60 Å². The highest BCUT2D eigenvalue weighted by molar-refractivity contribution is 6.73. The standard InChI is InChI=1S/C21H36F6O2Si/c1-6-30(7-2,8-3)29-19(20(22,23)24,21(25,26)27)16-13-15-18(4,5)14-11-9-10-12-17-28/h10,12-13,16,28H,6-9,11,14-15,17H2,1-5H3/b12-10+,16-13-. The summed E-state index contributed by atoms with van der Waals surface area (Å²) in [6.45, 7) is 8.32. The second kappa shape index (κ2) is 11.7. The van der Waals surface area contributed by atoms with Gasteiger partial charge in [0.05, 0.1) is 6.61 Å². The van der Waals surface area contributed by atoms with Crippen molar-refractivity contribution in [3.63, 3.8) is 0 Å². The zero-order chi connectivity index (χ0) is 23.7. The number of halogens is 6. The fourth-order valence-corrected chi connectivity index (χ4v) is 6.26. The van der Waals surface area contributed by atoms with E-state index in [4.69, 9.17) is 9.53 Å². The van der Waals surface area contributed by atoms with Crippen LogP contribution in [0, 0.1) is 5.41 Å². The van der Waals surface area contributed by atoms with Gasteiger partial charge in [-0.25, -0.2) is 0 Å². The summed E-state index contributed by atoms with van der Waals surface area (Å²) in [6, 6.07) is 0.526. The Balaban J connectivity index is 5.77. The predicted octanol–water partition coefficient (Wildman–Crippen LogP) is 7.56. The van der Waals surface area contributed by atoms with Crippen LogP contribution in [0.4, 0.5) is 26.3 Å². The molecule has 0 bridgehead atoms. The molecule has 0 atom stereocenters. The lowest BCUT2D eigenvalue weighted by molar-refractivity contribution is -0.341. The van der Waals surface area contributed by atoms with E-state index in [-0.39, 0.29) is 37.2 Å². The van der Waals surface area contributed by atoms with Crippen molar-refractivity contribution in [2.75, 3.05) is 6.61 Å². The van der Waals surface area contributed by atoms with E-state index in [2.05, 4.69) is 0 Å². The Bertz CT molecular complexity index is 526. The molecule has 0 aromatic carbocycles. The molecule has 1 N–H and O–H groups in total. The van der Waals surface area contributed by atoms with Crippen LogP contribution in [0.15, 0.2) is 24.3 Å². The molecule has 0 aromatic rings. The summed E-state index contributed by atoms with van der Waals surface area (Å²) >= 11 is 0. The van der Waals surface area contributed by atoms with Crippen LogP contribution in [0.3, 0.4) is 0 Å². The first-order valence-corrected chi connectivity index (χ1v) is 13.0. The molecule has 9 heteroatoms. The molecule has 178 valence electrons. The Morgan fingerprint density at radius 3 is 1.73 bits per heavy atom. The van der Waals surface area contributed by atoms with Gasteiger partial charge in [-0.2, -0.15) is 26.3 Å². The van der Waals surface area contributed by atoms with Gasteiger partial charge < -0.3 is 9.53 Å². The maximum Gasteiger partial charge on any atom is 0.429 e. The Morgan fingerprint density at radius 2 is 1.33 bits per heavy atom. The zero-order valence-corrected chi connectivity index (χ0v) is 19.6. The van der Waals surface area contributed by atoms with Crippen LogP contribution in [-0.4, -0.2) is 38.0 Å². The SMILES string of the molecule is CC[Si](CC)(CC)OC(/C=C\CC(C)(C)CCC/C=C/CO)(C(F)(F)F)C(F)(F)F. The first-order valence-electron chi connectivity index (χ1n) is 10.4. The number of aliphatic hydroxyl groups is 1. The minimum Gasteiger partial charge on any atom is -0.393 e. The molecule has 0 aliphatic carbocycles. The summed E-state index contributed by atoms with van der Waals surface area (Å²) < 4.78 is 88.2. The van der Waals surface area contributed by atoms with Crippen molar-refractivity contribution < 1.29 is 35.9 Å². The van der Waals surface area contributed by atoms with Crippen molar-refractivity contribution in [2.45, 2.75) is 96.4 Å². The molecule has 0 heterocycles. The molecule has 0 aromatic heterocycles. The van der Waals surface area contributed by atoms with Crippen molar-refractivity contribution >= 4 is 8.32 Å². The summed E-state index contributed by atoms with van der Waals surface area (Å²) in [4.78, 5) is 0. The van der Waals surface area contributed by atoms with E-state index in [1.54, 1.807) is 46.8 Å². The van der Waals surface area contributed by atoms with E-state index in [9.17, 15) is 26.3 Å². The van der Waals surface area contributed by atoms with Crippen LogP contribution in [0.25, 0.3) is 0 Å². The van der Waals surface area contributed by atoms with Crippen LogP contribution in [0.2, 0.25) is 18.1 Å². The maximum atomic E-state index is 13.8. The van der Waals surface area contributed by atoms with Gasteiger partial charge in [-0.15, -0.1) is 0 Å². The Hall–Kier alpha value is -0.803. The van der Waals surface area contributed by atoms with Gasteiger partial charge in [0.15, 0.2) is 8.32 Å². The van der Waals surface area contributed by atoms with Crippen molar-refractivity contribution in [1.29, 1.82) is 0 Å². The molecule has 0 aliphatic heterocycles. The summed E-state index contributed by atoms with van der Waals surface area (Å²) in [5, 5.41) is 8.69. The second-order valence-corrected chi connectivity index (χ2v) is 13.1. The van der Waals surface area contributed by atoms with E-state index in [1.165, 1.54) is 0 Å². The molecule has 0 amide bonds. The first-order chi connectivity index (χ1) is 13.7. The summed E-state index contributed by atoms with van der Waals surface area (Å²) in [6.07, 6.45) is -4.58. The van der Waals surface area contributed by atoms with Crippen LogP contribution in [-0.2, 0) is 4.43 Å². The van der Waals surface area contributed by atoms with Crippen molar-refractivity contribution in [2.24, 2.45) is 5.41 Å². The molecule has 0 saturated heterocycles. The van der Waals surface area contributed by atoms with Crippen LogP contribution >= 0.6 is 0 Å². The molecule has 0 radical (unpaired) electrons. The number of hydrogen-bond donors (Lipinski definition) is 1. The average Bonchev–Trinajstić information content (AvgIpc) is 2.62. The lowest BCUT2D eigenvalue weighted by Gasteiger charge is -2.42. The van der Waals surface area contributed by atoms with Gasteiger partial charge >= 0.3 is 12.4 Å². The summed E-state index contributed by atoms with van der Waals surface area (Å²) in [5.74, 6) is 0. The average molecular weight is 463 g/mol. The topological polar surface area (TPSA) is 29.5 Å². The van der Waals surface area contributed by atoms with Crippen LogP contribution < -0.4 is 0 Å². The number of allylic oxidation sites excluding steroid dienone is 2. The number of aliphatic hydroxyl groups excluding tert-OH is 1. The minimum atomic E-state index is -5.61. The Labute approximate surface area is 177 Å². The third-order valence-corrected chi connectivity index (χ3v) is 10.3. The molecule has 0 unspecified atom stereocenters. The Kier molecular flexibility index (Phi) is 11.4. The van der Waals surface area contributed by atoms with Crippen LogP contribution in [0.5, 0.6) is 0 Å². The fourth-order valence-electron chi connectivity index (χ4n) is 3.34. The first kappa shape index (κ1) is 29.2. The monoisotopic (exact) mass is 462 g/mol. The highest BCUT2D eigenvalue weighted by Crippen LogP contribution is 2.50. The second-order valence-electron chi connectivity index (χ2n) is 8.39. The predicted molar refractivity (Wildman–Crippen MR) is 111 cm³/mol. The van der Waals surface area contributed by atoms with Crippen molar-refractivity contribution in [3.05, 3.63) is 24.3 Å². The normalized spacial score (nSPS) is 14.9. The molecule has 2 nitrogen and oxygen atoms in total. The van der Waals surface area contributed by atoms with E-state index in [0.29, 0.717) is 12.8 Å². The zero-order valence-electron chi connectivity index (χ0n) is 18.6. The summed E-state index contributed by atoms with van der Waals surface area (Å²) in [5.41, 5.74) is -4.75. The largest absolute Gasteiger partial charge is 0.429 e. The van der Waals surface area contributed by atoms with Gasteiger partial charge in [0.1, 0.15) is 0 Å². The van der Waals surface area contributed by atoms with Gasteiger partial charge in [0.2, 0.25) is 0 Å². The molecule has 0 aliphatic rings. The molecule has 0 rings (SSSR count). The van der Waals surface area contributed by atoms with E-state index in [1.807, 2.05) is 0 Å². The van der Waals surface area contributed by atoms with Gasteiger partial charge in [-0.1, -0.05) is 52.8 Å². The molecule has 0 spiro atoms. The smallest absolute Gasteiger partial charge is 0.393 e. The van der Waals surface area contributed by atoms with Crippen LogP contribution in [0.1, 0.15) is 60.3 Å². The maximum absolute atomic E-state index is 13.8. The molecule has 0 fully saturated rings. The lowest BCUT2D eigenvalue weighted by Crippen LogP contribution is -2.62. The number of rotatable bonds is 13. The molecular weight excluding hydrogens is 426 g/mol. The highest BCUT2D eigenvalue weighted by Gasteiger charge is 2.72. The van der Waals surface area contributed by atoms with E-state index < -0.39 is 31.7 Å². The number of unbranched alkanes of at least 4 members (excludes halogenated alkanes) is 1. The van der Waals surface area contributed by atoms with Crippen molar-refractivity contribution in [3.8, 4) is 0 Å². The van der Waals surface area contributed by atoms with Gasteiger partial charge in [-0.05, 0) is 55.3 Å². The van der Waals surface area contributed by atoms with Crippen molar-refractivity contribution in [1.82, 2.24) is 0 Å².